The van der Waals surface area contributed by atoms with Crippen LogP contribution in [0.4, 0.5) is 17.6 Å². The Bertz CT molecular complexity index is 809. The van der Waals surface area contributed by atoms with Gasteiger partial charge < -0.3 is 4.74 Å². The number of ether oxygens (including phenoxy) is 1. The van der Waals surface area contributed by atoms with Crippen molar-refractivity contribution in [3.63, 3.8) is 0 Å². The van der Waals surface area contributed by atoms with E-state index in [1.54, 1.807) is 6.07 Å². The van der Waals surface area contributed by atoms with E-state index < -0.39 is 11.7 Å². The van der Waals surface area contributed by atoms with Crippen LogP contribution in [0.2, 0.25) is 0 Å². The quantitative estimate of drug-likeness (QED) is 0.684. The summed E-state index contributed by atoms with van der Waals surface area (Å²) in [5, 5.41) is 0. The number of likely N-dealkylation sites (tertiary alicyclic amines) is 2. The first-order valence-corrected chi connectivity index (χ1v) is 9.41. The van der Waals surface area contributed by atoms with Gasteiger partial charge in [-0.05, 0) is 42.3 Å². The Kier molecular flexibility index (Phi) is 5.29. The van der Waals surface area contributed by atoms with E-state index in [1.807, 2.05) is 12.1 Å². The third-order valence-corrected chi connectivity index (χ3v) is 5.57. The molecule has 0 saturated carbocycles. The van der Waals surface area contributed by atoms with Gasteiger partial charge in [-0.2, -0.15) is 13.2 Å². The lowest BCUT2D eigenvalue weighted by molar-refractivity contribution is -0.137. The van der Waals surface area contributed by atoms with Gasteiger partial charge >= 0.3 is 6.18 Å². The summed E-state index contributed by atoms with van der Waals surface area (Å²) >= 11 is 0. The van der Waals surface area contributed by atoms with Gasteiger partial charge in [0.15, 0.2) is 0 Å². The van der Waals surface area contributed by atoms with Crippen LogP contribution in [-0.4, -0.2) is 48.1 Å². The largest absolute Gasteiger partial charge is 0.492 e. The van der Waals surface area contributed by atoms with Crippen LogP contribution in [0.15, 0.2) is 48.5 Å². The average Bonchev–Trinajstić information content (AvgIpc) is 3.23. The maximum absolute atomic E-state index is 13.0. The van der Waals surface area contributed by atoms with E-state index in [1.165, 1.54) is 18.2 Å². The van der Waals surface area contributed by atoms with Crippen molar-refractivity contribution >= 4 is 0 Å². The van der Waals surface area contributed by atoms with Crippen molar-refractivity contribution in [3.8, 4) is 5.75 Å². The molecule has 2 atom stereocenters. The normalized spacial score (nSPS) is 22.7. The number of rotatable bonds is 6. The van der Waals surface area contributed by atoms with Crippen molar-refractivity contribution in [1.29, 1.82) is 0 Å². The Labute approximate surface area is 161 Å². The van der Waals surface area contributed by atoms with Gasteiger partial charge in [0.1, 0.15) is 18.2 Å². The Morgan fingerprint density at radius 2 is 1.68 bits per heavy atom. The topological polar surface area (TPSA) is 15.7 Å². The Morgan fingerprint density at radius 3 is 2.36 bits per heavy atom. The Morgan fingerprint density at radius 1 is 0.964 bits per heavy atom. The summed E-state index contributed by atoms with van der Waals surface area (Å²) in [5.74, 6) is 0.0238. The molecule has 2 aliphatic heterocycles. The first-order chi connectivity index (χ1) is 13.4. The van der Waals surface area contributed by atoms with Gasteiger partial charge in [0.05, 0.1) is 5.56 Å². The van der Waals surface area contributed by atoms with Gasteiger partial charge in [-0.15, -0.1) is 0 Å². The monoisotopic (exact) mass is 394 g/mol. The summed E-state index contributed by atoms with van der Waals surface area (Å²) < 4.78 is 56.9. The Hall–Kier alpha value is -2.12. The molecule has 0 amide bonds. The smallest absolute Gasteiger partial charge is 0.416 e. The van der Waals surface area contributed by atoms with E-state index in [0.29, 0.717) is 25.2 Å². The van der Waals surface area contributed by atoms with Gasteiger partial charge in [0.2, 0.25) is 0 Å². The minimum Gasteiger partial charge on any atom is -0.492 e. The van der Waals surface area contributed by atoms with E-state index in [9.17, 15) is 17.6 Å². The number of piperazine rings is 1. The zero-order valence-electron chi connectivity index (χ0n) is 15.3. The standard InChI is InChI=1S/C21H22F4N2O/c22-17-6-4-15(5-7-17)12-27-14-18-11-19(27)13-26(18)8-9-28-20-3-1-2-16(10-20)21(23,24)25/h1-7,10,18-19H,8-9,11-14H2/t18?,19-/m0/s1. The third kappa shape index (κ3) is 4.31. The number of hydrogen-bond acceptors (Lipinski definition) is 3. The summed E-state index contributed by atoms with van der Waals surface area (Å²) in [4.78, 5) is 4.77. The fourth-order valence-electron chi connectivity index (χ4n) is 4.17. The van der Waals surface area contributed by atoms with E-state index in [2.05, 4.69) is 9.80 Å². The number of halogens is 4. The zero-order chi connectivity index (χ0) is 19.7. The van der Waals surface area contributed by atoms with Gasteiger partial charge in [0.25, 0.3) is 0 Å². The molecule has 0 N–H and O–H groups in total. The maximum Gasteiger partial charge on any atom is 0.416 e. The first-order valence-electron chi connectivity index (χ1n) is 9.41. The van der Waals surface area contributed by atoms with Gasteiger partial charge in [-0.25, -0.2) is 4.39 Å². The van der Waals surface area contributed by atoms with E-state index in [4.69, 9.17) is 4.74 Å². The van der Waals surface area contributed by atoms with Crippen molar-refractivity contribution in [3.05, 3.63) is 65.5 Å². The SMILES string of the molecule is Fc1ccc(CN2CC3C[C@H]2CN3CCOc2cccc(C(F)(F)F)c2)cc1. The minimum absolute atomic E-state index is 0.223. The molecule has 2 saturated heterocycles. The summed E-state index contributed by atoms with van der Waals surface area (Å²) in [6.07, 6.45) is -3.27. The molecule has 0 aliphatic carbocycles. The van der Waals surface area contributed by atoms with Crippen molar-refractivity contribution in [1.82, 2.24) is 9.80 Å². The second-order valence-electron chi connectivity index (χ2n) is 7.47. The lowest BCUT2D eigenvalue weighted by Gasteiger charge is -2.34. The molecule has 2 heterocycles. The highest BCUT2D eigenvalue weighted by molar-refractivity contribution is 5.30. The van der Waals surface area contributed by atoms with Crippen LogP contribution in [-0.2, 0) is 12.7 Å². The van der Waals surface area contributed by atoms with Crippen LogP contribution in [0.25, 0.3) is 0 Å². The van der Waals surface area contributed by atoms with Crippen molar-refractivity contribution in [2.75, 3.05) is 26.2 Å². The summed E-state index contributed by atoms with van der Waals surface area (Å²) in [6.45, 7) is 3.75. The molecule has 28 heavy (non-hydrogen) atoms. The number of hydrogen-bond donors (Lipinski definition) is 0. The van der Waals surface area contributed by atoms with Crippen LogP contribution < -0.4 is 4.74 Å². The molecule has 0 radical (unpaired) electrons. The molecule has 4 rings (SSSR count). The van der Waals surface area contributed by atoms with E-state index in [-0.39, 0.29) is 11.6 Å². The summed E-state index contributed by atoms with van der Waals surface area (Å²) in [6, 6.07) is 12.5. The number of alkyl halides is 3. The predicted molar refractivity (Wildman–Crippen MR) is 97.5 cm³/mol. The van der Waals surface area contributed by atoms with E-state index in [0.717, 1.165) is 43.8 Å². The molecule has 2 aromatic carbocycles. The second kappa shape index (κ2) is 7.72. The average molecular weight is 394 g/mol. The second-order valence-corrected chi connectivity index (χ2v) is 7.47. The highest BCUT2D eigenvalue weighted by Crippen LogP contribution is 2.33. The van der Waals surface area contributed by atoms with Gasteiger partial charge in [0, 0.05) is 38.3 Å². The van der Waals surface area contributed by atoms with Crippen molar-refractivity contribution < 1.29 is 22.3 Å². The van der Waals surface area contributed by atoms with Crippen molar-refractivity contribution in [2.45, 2.75) is 31.2 Å². The van der Waals surface area contributed by atoms with Crippen LogP contribution in [0, 0.1) is 5.82 Å². The van der Waals surface area contributed by atoms with Gasteiger partial charge in [-0.1, -0.05) is 18.2 Å². The highest BCUT2D eigenvalue weighted by atomic mass is 19.4. The lowest BCUT2D eigenvalue weighted by atomic mass is 10.2. The fourth-order valence-corrected chi connectivity index (χ4v) is 4.17. The third-order valence-electron chi connectivity index (χ3n) is 5.57. The molecular formula is C21H22F4N2O. The minimum atomic E-state index is -4.36. The molecule has 2 fully saturated rings. The predicted octanol–water partition coefficient (Wildman–Crippen LogP) is 4.18. The summed E-state index contributed by atoms with van der Waals surface area (Å²) in [7, 11) is 0. The van der Waals surface area contributed by atoms with Gasteiger partial charge in [-0.3, -0.25) is 9.80 Å². The van der Waals surface area contributed by atoms with E-state index >= 15 is 0 Å². The zero-order valence-corrected chi connectivity index (χ0v) is 15.3. The lowest BCUT2D eigenvalue weighted by Crippen LogP contribution is -2.47. The fraction of sp³-hybridized carbons (Fsp3) is 0.429. The molecule has 3 nitrogen and oxygen atoms in total. The molecule has 150 valence electrons. The van der Waals surface area contributed by atoms with Crippen LogP contribution in [0.3, 0.4) is 0 Å². The molecule has 0 spiro atoms. The van der Waals surface area contributed by atoms with Crippen LogP contribution in [0.1, 0.15) is 17.5 Å². The van der Waals surface area contributed by atoms with Crippen LogP contribution in [0.5, 0.6) is 5.75 Å². The Balaban J connectivity index is 1.25. The van der Waals surface area contributed by atoms with Crippen LogP contribution >= 0.6 is 0 Å². The summed E-state index contributed by atoms with van der Waals surface area (Å²) in [5.41, 5.74) is 0.412. The maximum atomic E-state index is 13.0. The van der Waals surface area contributed by atoms with Crippen molar-refractivity contribution in [2.24, 2.45) is 0 Å². The first kappa shape index (κ1) is 19.2. The molecule has 2 aromatic rings. The highest BCUT2D eigenvalue weighted by Gasteiger charge is 2.42. The molecule has 1 unspecified atom stereocenters. The molecule has 2 bridgehead atoms. The number of nitrogens with zero attached hydrogens (tertiary/aromatic N) is 2. The molecule has 2 aliphatic rings. The number of benzene rings is 2. The molecule has 0 aromatic heterocycles. The number of fused-ring (bicyclic) bond motifs is 2. The molecule has 7 heteroatoms. The molecular weight excluding hydrogens is 372 g/mol.